The molecular formula is C32H26Cl2N2O3. The number of carbonyl (C=O) groups is 2. The van der Waals surface area contributed by atoms with Crippen LogP contribution in [0.25, 0.3) is 22.0 Å². The molecule has 2 N–H and O–H groups in total. The van der Waals surface area contributed by atoms with Crippen molar-refractivity contribution in [3.63, 3.8) is 0 Å². The van der Waals surface area contributed by atoms with Gasteiger partial charge in [0.1, 0.15) is 0 Å². The summed E-state index contributed by atoms with van der Waals surface area (Å²) in [6.07, 6.45) is 0. The second-order valence-corrected chi connectivity index (χ2v) is 10.4. The fourth-order valence-electron chi connectivity index (χ4n) is 4.89. The van der Waals surface area contributed by atoms with E-state index in [1.54, 1.807) is 30.3 Å². The summed E-state index contributed by atoms with van der Waals surface area (Å²) in [7, 11) is 0. The van der Waals surface area contributed by atoms with E-state index in [9.17, 15) is 14.7 Å². The zero-order valence-electron chi connectivity index (χ0n) is 21.5. The third-order valence-corrected chi connectivity index (χ3v) is 7.48. The number of hydrogen-bond acceptors (Lipinski definition) is 2. The van der Waals surface area contributed by atoms with Gasteiger partial charge in [0, 0.05) is 45.3 Å². The number of benzene rings is 4. The van der Waals surface area contributed by atoms with E-state index < -0.39 is 5.97 Å². The summed E-state index contributed by atoms with van der Waals surface area (Å²) >= 11 is 12.1. The molecule has 0 unspecified atom stereocenters. The average Bonchev–Trinajstić information content (AvgIpc) is 3.16. The van der Waals surface area contributed by atoms with Gasteiger partial charge in [0.05, 0.1) is 5.56 Å². The Bertz CT molecular complexity index is 1700. The highest BCUT2D eigenvalue weighted by Crippen LogP contribution is 2.29. The number of rotatable bonds is 7. The van der Waals surface area contributed by atoms with Crippen LogP contribution < -0.4 is 5.32 Å². The summed E-state index contributed by atoms with van der Waals surface area (Å²) in [6, 6.07) is 26.0. The molecule has 0 fully saturated rings. The van der Waals surface area contributed by atoms with Crippen molar-refractivity contribution in [3.8, 4) is 11.1 Å². The van der Waals surface area contributed by atoms with Crippen LogP contribution in [-0.4, -0.2) is 21.6 Å². The molecule has 1 aromatic heterocycles. The number of nitrogens with one attached hydrogen (secondary N) is 1. The molecular weight excluding hydrogens is 531 g/mol. The fourth-order valence-corrected chi connectivity index (χ4v) is 5.46. The number of aromatic nitrogens is 1. The van der Waals surface area contributed by atoms with Crippen LogP contribution in [0.3, 0.4) is 0 Å². The third-order valence-electron chi connectivity index (χ3n) is 7.04. The number of halogens is 2. The molecule has 0 aliphatic carbocycles. The maximum absolute atomic E-state index is 12.9. The van der Waals surface area contributed by atoms with Crippen molar-refractivity contribution in [2.45, 2.75) is 26.9 Å². The van der Waals surface area contributed by atoms with Crippen LogP contribution in [0.5, 0.6) is 0 Å². The Morgan fingerprint density at radius 1 is 0.846 bits per heavy atom. The summed E-state index contributed by atoms with van der Waals surface area (Å²) < 4.78 is 2.24. The van der Waals surface area contributed by atoms with E-state index in [0.29, 0.717) is 34.3 Å². The van der Waals surface area contributed by atoms with E-state index in [4.69, 9.17) is 23.2 Å². The molecule has 0 radical (unpaired) electrons. The third kappa shape index (κ3) is 5.56. The Kier molecular flexibility index (Phi) is 7.47. The number of carboxylic acids is 1. The molecule has 4 aromatic carbocycles. The molecule has 196 valence electrons. The second kappa shape index (κ2) is 11.0. The molecule has 0 saturated heterocycles. The molecule has 0 aliphatic rings. The fraction of sp³-hybridized carbons (Fsp3) is 0.125. The number of fused-ring (bicyclic) bond motifs is 1. The molecule has 5 aromatic rings. The van der Waals surface area contributed by atoms with Crippen LogP contribution in [0, 0.1) is 13.8 Å². The van der Waals surface area contributed by atoms with Gasteiger partial charge in [-0.05, 0) is 84.1 Å². The van der Waals surface area contributed by atoms with Gasteiger partial charge in [0.2, 0.25) is 0 Å². The average molecular weight is 557 g/mol. The number of aryl methyl sites for hydroxylation is 1. The Morgan fingerprint density at radius 3 is 2.23 bits per heavy atom. The summed E-state index contributed by atoms with van der Waals surface area (Å²) in [5, 5.41) is 14.6. The SMILES string of the molecule is Cc1c(C)n(Cc2ccc(-c3ccccc3C(=O)O)cc2)c2ccc(C(=O)NCc3cc(Cl)cc(Cl)c3)cc12. The number of nitrogens with zero attached hydrogens (tertiary/aromatic N) is 1. The highest BCUT2D eigenvalue weighted by atomic mass is 35.5. The maximum atomic E-state index is 12.9. The van der Waals surface area contributed by atoms with E-state index in [-0.39, 0.29) is 11.5 Å². The monoisotopic (exact) mass is 556 g/mol. The van der Waals surface area contributed by atoms with Crippen molar-refractivity contribution in [2.75, 3.05) is 0 Å². The van der Waals surface area contributed by atoms with Crippen LogP contribution in [-0.2, 0) is 13.1 Å². The minimum absolute atomic E-state index is 0.171. The van der Waals surface area contributed by atoms with E-state index >= 15 is 0 Å². The minimum Gasteiger partial charge on any atom is -0.478 e. The smallest absolute Gasteiger partial charge is 0.336 e. The lowest BCUT2D eigenvalue weighted by Gasteiger charge is -2.11. The van der Waals surface area contributed by atoms with Gasteiger partial charge in [-0.25, -0.2) is 4.79 Å². The zero-order chi connectivity index (χ0) is 27.7. The van der Waals surface area contributed by atoms with Gasteiger partial charge in [0.15, 0.2) is 0 Å². The predicted octanol–water partition coefficient (Wildman–Crippen LogP) is 7.91. The molecule has 39 heavy (non-hydrogen) atoms. The highest BCUT2D eigenvalue weighted by molar-refractivity contribution is 6.34. The summed E-state index contributed by atoms with van der Waals surface area (Å²) in [5.74, 6) is -1.11. The molecule has 0 spiro atoms. The quantitative estimate of drug-likeness (QED) is 0.214. The number of carboxylic acid groups (broad SMARTS) is 1. The van der Waals surface area contributed by atoms with Crippen molar-refractivity contribution in [1.29, 1.82) is 0 Å². The van der Waals surface area contributed by atoms with E-state index in [1.165, 1.54) is 0 Å². The molecule has 0 bridgehead atoms. The first-order chi connectivity index (χ1) is 18.7. The lowest BCUT2D eigenvalue weighted by atomic mass is 9.99. The standard InChI is InChI=1S/C32H26Cl2N2O3/c1-19-20(2)36(18-21-7-9-23(10-8-21)27-5-3-4-6-28(27)32(38)39)30-12-11-24(15-29(19)30)31(37)35-17-22-13-25(33)16-26(34)14-22/h3-16H,17-18H2,1-2H3,(H,35,37)(H,38,39). The molecule has 5 rings (SSSR count). The highest BCUT2D eigenvalue weighted by Gasteiger charge is 2.15. The second-order valence-electron chi connectivity index (χ2n) is 9.54. The predicted molar refractivity (Wildman–Crippen MR) is 157 cm³/mol. The number of carbonyl (C=O) groups excluding carboxylic acids is 1. The molecule has 5 nitrogen and oxygen atoms in total. The summed E-state index contributed by atoms with van der Waals surface area (Å²) in [5.41, 5.74) is 7.62. The van der Waals surface area contributed by atoms with Crippen LogP contribution in [0.15, 0.2) is 84.9 Å². The van der Waals surface area contributed by atoms with E-state index in [2.05, 4.69) is 23.7 Å². The van der Waals surface area contributed by atoms with Gasteiger partial charge in [-0.15, -0.1) is 0 Å². The van der Waals surface area contributed by atoms with Crippen molar-refractivity contribution < 1.29 is 14.7 Å². The van der Waals surface area contributed by atoms with Gasteiger partial charge in [0.25, 0.3) is 5.91 Å². The summed E-state index contributed by atoms with van der Waals surface area (Å²) in [6.45, 7) is 5.12. The van der Waals surface area contributed by atoms with Gasteiger partial charge < -0.3 is 15.0 Å². The topological polar surface area (TPSA) is 71.3 Å². The maximum Gasteiger partial charge on any atom is 0.336 e. The van der Waals surface area contributed by atoms with Crippen LogP contribution in [0.2, 0.25) is 10.0 Å². The van der Waals surface area contributed by atoms with Gasteiger partial charge in [-0.2, -0.15) is 0 Å². The van der Waals surface area contributed by atoms with Crippen molar-refractivity contribution in [3.05, 3.63) is 128 Å². The van der Waals surface area contributed by atoms with Crippen LogP contribution in [0.4, 0.5) is 0 Å². The first-order valence-electron chi connectivity index (χ1n) is 12.5. The molecule has 7 heteroatoms. The number of amides is 1. The Labute approximate surface area is 236 Å². The first kappa shape index (κ1) is 26.5. The lowest BCUT2D eigenvalue weighted by Crippen LogP contribution is -2.22. The molecule has 0 atom stereocenters. The van der Waals surface area contributed by atoms with Gasteiger partial charge >= 0.3 is 5.97 Å². The summed E-state index contributed by atoms with van der Waals surface area (Å²) in [4.78, 5) is 24.5. The number of hydrogen-bond donors (Lipinski definition) is 2. The Hall–Kier alpha value is -4.06. The zero-order valence-corrected chi connectivity index (χ0v) is 23.0. The van der Waals surface area contributed by atoms with Crippen LogP contribution >= 0.6 is 23.2 Å². The van der Waals surface area contributed by atoms with Crippen molar-refractivity contribution in [1.82, 2.24) is 9.88 Å². The van der Waals surface area contributed by atoms with Crippen molar-refractivity contribution in [2.24, 2.45) is 0 Å². The normalized spacial score (nSPS) is 11.1. The largest absolute Gasteiger partial charge is 0.478 e. The minimum atomic E-state index is -0.943. The van der Waals surface area contributed by atoms with Crippen molar-refractivity contribution >= 4 is 46.0 Å². The first-order valence-corrected chi connectivity index (χ1v) is 13.2. The lowest BCUT2D eigenvalue weighted by molar-refractivity contribution is 0.0697. The Balaban J connectivity index is 1.37. The molecule has 0 aliphatic heterocycles. The van der Waals surface area contributed by atoms with Crippen LogP contribution in [0.1, 0.15) is 43.1 Å². The van der Waals surface area contributed by atoms with E-state index in [1.807, 2.05) is 54.6 Å². The number of aromatic carboxylic acids is 1. The van der Waals surface area contributed by atoms with Gasteiger partial charge in [-0.1, -0.05) is 65.7 Å². The van der Waals surface area contributed by atoms with Gasteiger partial charge in [-0.3, -0.25) is 4.79 Å². The molecule has 1 amide bonds. The molecule has 0 saturated carbocycles. The Morgan fingerprint density at radius 2 is 1.54 bits per heavy atom. The molecule has 1 heterocycles. The van der Waals surface area contributed by atoms with E-state index in [0.717, 1.165) is 38.9 Å².